The van der Waals surface area contributed by atoms with Crippen molar-refractivity contribution in [3.05, 3.63) is 58.3 Å². The van der Waals surface area contributed by atoms with Gasteiger partial charge in [0.05, 0.1) is 12.3 Å². The minimum atomic E-state index is -0.410. The third kappa shape index (κ3) is 3.38. The highest BCUT2D eigenvalue weighted by Crippen LogP contribution is 2.29. The van der Waals surface area contributed by atoms with Gasteiger partial charge in [-0.1, -0.05) is 15.9 Å². The monoisotopic (exact) mass is 385 g/mol. The van der Waals surface area contributed by atoms with E-state index in [2.05, 4.69) is 31.2 Å². The Hall–Kier alpha value is -2.47. The summed E-state index contributed by atoms with van der Waals surface area (Å²) < 4.78 is 6.13. The molecule has 2 heterocycles. The first-order chi connectivity index (χ1) is 11.6. The van der Waals surface area contributed by atoms with E-state index in [-0.39, 0.29) is 0 Å². The van der Waals surface area contributed by atoms with Gasteiger partial charge in [-0.15, -0.1) is 0 Å². The van der Waals surface area contributed by atoms with Crippen LogP contribution in [-0.4, -0.2) is 22.5 Å². The predicted octanol–water partition coefficient (Wildman–Crippen LogP) is 4.62. The Bertz CT molecular complexity index is 895. The largest absolute Gasteiger partial charge is 0.462 e. The van der Waals surface area contributed by atoms with Crippen LogP contribution in [0.2, 0.25) is 0 Å². The van der Waals surface area contributed by atoms with Crippen LogP contribution in [-0.2, 0) is 4.74 Å². The standard InChI is InChI=1S/C18H16BrN3O2/c1-3-24-18(23)15-10-20-17-14(9-4-11(2)21-17)16(15)22-13-7-5-12(19)6-8-13/h4-10H,3H2,1-2H3,(H,20,21,22). The average molecular weight is 386 g/mol. The summed E-state index contributed by atoms with van der Waals surface area (Å²) in [6.07, 6.45) is 1.51. The number of carbonyl (C=O) groups is 1. The van der Waals surface area contributed by atoms with Crippen LogP contribution in [0, 0.1) is 6.92 Å². The van der Waals surface area contributed by atoms with Crippen molar-refractivity contribution >= 4 is 44.3 Å². The lowest BCUT2D eigenvalue weighted by Gasteiger charge is -2.14. The van der Waals surface area contributed by atoms with E-state index < -0.39 is 5.97 Å². The van der Waals surface area contributed by atoms with Gasteiger partial charge in [0.15, 0.2) is 5.65 Å². The molecular weight excluding hydrogens is 370 g/mol. The highest BCUT2D eigenvalue weighted by molar-refractivity contribution is 9.10. The normalized spacial score (nSPS) is 10.6. The second kappa shape index (κ2) is 6.97. The lowest BCUT2D eigenvalue weighted by Crippen LogP contribution is -2.09. The van der Waals surface area contributed by atoms with Crippen LogP contribution in [0.3, 0.4) is 0 Å². The van der Waals surface area contributed by atoms with Crippen molar-refractivity contribution in [1.29, 1.82) is 0 Å². The van der Waals surface area contributed by atoms with E-state index >= 15 is 0 Å². The first-order valence-electron chi connectivity index (χ1n) is 7.54. The fraction of sp³-hybridized carbons (Fsp3) is 0.167. The minimum absolute atomic E-state index is 0.306. The van der Waals surface area contributed by atoms with E-state index in [1.807, 2.05) is 43.3 Å². The van der Waals surface area contributed by atoms with Crippen molar-refractivity contribution in [2.75, 3.05) is 11.9 Å². The summed E-state index contributed by atoms with van der Waals surface area (Å²) in [6, 6.07) is 11.5. The molecule has 0 radical (unpaired) electrons. The van der Waals surface area contributed by atoms with Crippen molar-refractivity contribution in [3.63, 3.8) is 0 Å². The average Bonchev–Trinajstić information content (AvgIpc) is 2.57. The Kier molecular flexibility index (Phi) is 4.76. The predicted molar refractivity (Wildman–Crippen MR) is 97.7 cm³/mol. The summed E-state index contributed by atoms with van der Waals surface area (Å²) in [5, 5.41) is 4.07. The molecule has 0 aliphatic carbocycles. The number of hydrogen-bond acceptors (Lipinski definition) is 5. The molecular formula is C18H16BrN3O2. The zero-order valence-electron chi connectivity index (χ0n) is 13.3. The SMILES string of the molecule is CCOC(=O)c1cnc2nc(C)ccc2c1Nc1ccc(Br)cc1. The van der Waals surface area contributed by atoms with Crippen LogP contribution in [0.5, 0.6) is 0 Å². The molecule has 1 N–H and O–H groups in total. The van der Waals surface area contributed by atoms with E-state index in [9.17, 15) is 4.79 Å². The summed E-state index contributed by atoms with van der Waals surface area (Å²) in [6.45, 7) is 3.99. The Labute approximate surface area is 148 Å². The summed E-state index contributed by atoms with van der Waals surface area (Å²) in [4.78, 5) is 21.0. The van der Waals surface area contributed by atoms with Gasteiger partial charge in [0.2, 0.25) is 0 Å². The molecule has 1 aromatic carbocycles. The molecule has 0 aliphatic heterocycles. The molecule has 0 amide bonds. The molecule has 2 aromatic heterocycles. The summed E-state index contributed by atoms with van der Waals surface area (Å²) >= 11 is 3.41. The number of halogens is 1. The highest BCUT2D eigenvalue weighted by Gasteiger charge is 2.17. The molecule has 5 nitrogen and oxygen atoms in total. The molecule has 0 atom stereocenters. The molecule has 0 spiro atoms. The lowest BCUT2D eigenvalue weighted by atomic mass is 10.1. The van der Waals surface area contributed by atoms with Crippen LogP contribution >= 0.6 is 15.9 Å². The second-order valence-electron chi connectivity index (χ2n) is 5.22. The van der Waals surface area contributed by atoms with Crippen LogP contribution in [0.4, 0.5) is 11.4 Å². The van der Waals surface area contributed by atoms with E-state index in [1.54, 1.807) is 6.92 Å². The summed E-state index contributed by atoms with van der Waals surface area (Å²) in [5.74, 6) is -0.410. The number of pyridine rings is 2. The van der Waals surface area contributed by atoms with Crippen LogP contribution in [0.25, 0.3) is 11.0 Å². The number of aryl methyl sites for hydroxylation is 1. The highest BCUT2D eigenvalue weighted by atomic mass is 79.9. The van der Waals surface area contributed by atoms with Gasteiger partial charge in [0, 0.05) is 27.4 Å². The summed E-state index contributed by atoms with van der Waals surface area (Å²) in [7, 11) is 0. The van der Waals surface area contributed by atoms with Gasteiger partial charge < -0.3 is 10.1 Å². The van der Waals surface area contributed by atoms with E-state index in [0.29, 0.717) is 23.5 Å². The van der Waals surface area contributed by atoms with Crippen molar-refractivity contribution < 1.29 is 9.53 Å². The zero-order chi connectivity index (χ0) is 17.1. The van der Waals surface area contributed by atoms with E-state index in [0.717, 1.165) is 21.2 Å². The first kappa shape index (κ1) is 16.4. The quantitative estimate of drug-likeness (QED) is 0.663. The molecule has 0 saturated carbocycles. The molecule has 3 aromatic rings. The number of hydrogen-bond donors (Lipinski definition) is 1. The molecule has 0 unspecified atom stereocenters. The van der Waals surface area contributed by atoms with Gasteiger partial charge in [-0.25, -0.2) is 14.8 Å². The number of nitrogens with zero attached hydrogens (tertiary/aromatic N) is 2. The summed E-state index contributed by atoms with van der Waals surface area (Å²) in [5.41, 5.74) is 3.35. The fourth-order valence-electron chi connectivity index (χ4n) is 2.35. The third-order valence-corrected chi connectivity index (χ3v) is 4.01. The Morgan fingerprint density at radius 1 is 1.21 bits per heavy atom. The topological polar surface area (TPSA) is 64.1 Å². The smallest absolute Gasteiger partial charge is 0.341 e. The van der Waals surface area contributed by atoms with Gasteiger partial charge in [-0.05, 0) is 50.2 Å². The maximum absolute atomic E-state index is 12.3. The van der Waals surface area contributed by atoms with Crippen LogP contribution in [0.15, 0.2) is 47.1 Å². The number of rotatable bonds is 4. The van der Waals surface area contributed by atoms with Gasteiger partial charge in [0.1, 0.15) is 5.56 Å². The van der Waals surface area contributed by atoms with Gasteiger partial charge in [0.25, 0.3) is 0 Å². The molecule has 0 bridgehead atoms. The number of carbonyl (C=O) groups excluding carboxylic acids is 1. The number of benzene rings is 1. The lowest BCUT2D eigenvalue weighted by molar-refractivity contribution is 0.0527. The van der Waals surface area contributed by atoms with Crippen molar-refractivity contribution in [3.8, 4) is 0 Å². The molecule has 3 rings (SSSR count). The molecule has 122 valence electrons. The van der Waals surface area contributed by atoms with Crippen LogP contribution in [0.1, 0.15) is 23.0 Å². The van der Waals surface area contributed by atoms with Crippen LogP contribution < -0.4 is 5.32 Å². The minimum Gasteiger partial charge on any atom is -0.462 e. The number of anilines is 2. The maximum atomic E-state index is 12.3. The van der Waals surface area contributed by atoms with Crippen molar-refractivity contribution in [1.82, 2.24) is 9.97 Å². The Balaban J connectivity index is 2.14. The molecule has 0 fully saturated rings. The van der Waals surface area contributed by atoms with Gasteiger partial charge in [-0.2, -0.15) is 0 Å². The first-order valence-corrected chi connectivity index (χ1v) is 8.34. The number of nitrogens with one attached hydrogen (secondary N) is 1. The Morgan fingerprint density at radius 3 is 2.67 bits per heavy atom. The van der Waals surface area contributed by atoms with Gasteiger partial charge >= 0.3 is 5.97 Å². The van der Waals surface area contributed by atoms with E-state index in [1.165, 1.54) is 6.20 Å². The van der Waals surface area contributed by atoms with E-state index in [4.69, 9.17) is 4.74 Å². The second-order valence-corrected chi connectivity index (χ2v) is 6.14. The van der Waals surface area contributed by atoms with Gasteiger partial charge in [-0.3, -0.25) is 0 Å². The molecule has 0 saturated heterocycles. The van der Waals surface area contributed by atoms with Crippen molar-refractivity contribution in [2.45, 2.75) is 13.8 Å². The number of fused-ring (bicyclic) bond motifs is 1. The van der Waals surface area contributed by atoms with Crippen molar-refractivity contribution in [2.24, 2.45) is 0 Å². The third-order valence-electron chi connectivity index (χ3n) is 3.48. The number of aromatic nitrogens is 2. The molecule has 0 aliphatic rings. The number of esters is 1. The fourth-order valence-corrected chi connectivity index (χ4v) is 2.61. The Morgan fingerprint density at radius 2 is 1.96 bits per heavy atom. The zero-order valence-corrected chi connectivity index (χ0v) is 14.9. The molecule has 24 heavy (non-hydrogen) atoms. The number of ether oxygens (including phenoxy) is 1. The maximum Gasteiger partial charge on any atom is 0.341 e. The molecule has 6 heteroatoms.